The summed E-state index contributed by atoms with van der Waals surface area (Å²) in [6, 6.07) is 5.20. The summed E-state index contributed by atoms with van der Waals surface area (Å²) in [5.41, 5.74) is 6.32. The molecule has 0 radical (unpaired) electrons. The molecule has 3 aromatic heterocycles. The van der Waals surface area contributed by atoms with Crippen molar-refractivity contribution >= 4 is 29.5 Å². The van der Waals surface area contributed by atoms with E-state index in [1.165, 1.54) is 23.0 Å². The Morgan fingerprint density at radius 1 is 1.27 bits per heavy atom. The van der Waals surface area contributed by atoms with Crippen LogP contribution in [0.25, 0.3) is 16.9 Å². The number of nitrogens with zero attached hydrogens (tertiary/aromatic N) is 6. The van der Waals surface area contributed by atoms with Crippen LogP contribution in [0.2, 0.25) is 0 Å². The number of carbonyl (C=O) groups is 2. The average Bonchev–Trinajstić information content (AvgIpc) is 3.51. The third-order valence-electron chi connectivity index (χ3n) is 6.24. The van der Waals surface area contributed by atoms with Gasteiger partial charge >= 0.3 is 6.18 Å². The van der Waals surface area contributed by atoms with Gasteiger partial charge in [-0.25, -0.2) is 18.7 Å². The zero-order chi connectivity index (χ0) is 29.9. The number of amides is 1. The first-order valence-corrected chi connectivity index (χ1v) is 12.2. The van der Waals surface area contributed by atoms with Crippen molar-refractivity contribution in [3.8, 4) is 11.3 Å². The summed E-state index contributed by atoms with van der Waals surface area (Å²) in [4.78, 5) is 31.3. The molecule has 4 aromatic rings. The van der Waals surface area contributed by atoms with Crippen LogP contribution < -0.4 is 11.1 Å². The Morgan fingerprint density at radius 2 is 1.98 bits per heavy atom. The van der Waals surface area contributed by atoms with E-state index in [9.17, 15) is 26.7 Å². The molecule has 11 nitrogen and oxygen atoms in total. The molecule has 0 saturated carbocycles. The molecule has 0 atom stereocenters. The van der Waals surface area contributed by atoms with Gasteiger partial charge in [0.15, 0.2) is 17.2 Å². The van der Waals surface area contributed by atoms with Crippen molar-refractivity contribution in [3.05, 3.63) is 59.8 Å². The number of alkyl halides is 5. The quantitative estimate of drug-likeness (QED) is 0.222. The summed E-state index contributed by atoms with van der Waals surface area (Å²) in [5, 5.41) is 13.3. The molecule has 1 aliphatic rings. The first kappa shape index (κ1) is 29.4. The number of rotatable bonds is 7. The van der Waals surface area contributed by atoms with Crippen LogP contribution in [-0.2, 0) is 23.9 Å². The number of nitrogens with two attached hydrogens (primary N) is 1. The van der Waals surface area contributed by atoms with Crippen molar-refractivity contribution in [1.29, 1.82) is 0 Å². The fraction of sp³-hybridized carbons (Fsp3) is 0.320. The highest BCUT2D eigenvalue weighted by Gasteiger charge is 2.38. The van der Waals surface area contributed by atoms with Gasteiger partial charge in [-0.2, -0.15) is 18.3 Å². The smallest absolute Gasteiger partial charge is 0.435 e. The molecule has 1 aromatic carbocycles. The van der Waals surface area contributed by atoms with Crippen LogP contribution in [0.5, 0.6) is 0 Å². The average molecular weight is 581 g/mol. The largest absolute Gasteiger partial charge is 0.483 e. The normalized spacial score (nSPS) is 13.6. The van der Waals surface area contributed by atoms with Crippen LogP contribution in [0, 0.1) is 0 Å². The molecule has 218 valence electrons. The molecule has 0 unspecified atom stereocenters. The van der Waals surface area contributed by atoms with Crippen molar-refractivity contribution in [3.63, 3.8) is 0 Å². The number of halogens is 5. The fourth-order valence-corrected chi connectivity index (χ4v) is 4.42. The molecule has 4 heterocycles. The van der Waals surface area contributed by atoms with Gasteiger partial charge in [-0.3, -0.25) is 18.7 Å². The second kappa shape index (κ2) is 11.9. The third-order valence-corrected chi connectivity index (χ3v) is 6.24. The Balaban J connectivity index is 0.00000124. The minimum atomic E-state index is -4.86. The minimum absolute atomic E-state index is 0.0122. The van der Waals surface area contributed by atoms with Gasteiger partial charge in [-0.15, -0.1) is 0 Å². The summed E-state index contributed by atoms with van der Waals surface area (Å²) in [6.07, 6.45) is -2.21. The Kier molecular flexibility index (Phi) is 8.51. The van der Waals surface area contributed by atoms with Gasteiger partial charge in [0.1, 0.15) is 6.54 Å². The predicted octanol–water partition coefficient (Wildman–Crippen LogP) is 3.67. The zero-order valence-electron chi connectivity index (χ0n) is 21.5. The van der Waals surface area contributed by atoms with Crippen LogP contribution >= 0.6 is 0 Å². The predicted molar refractivity (Wildman–Crippen MR) is 137 cm³/mol. The number of aryl methyl sites for hydroxylation is 1. The molecule has 0 bridgehead atoms. The Labute approximate surface area is 229 Å². The maximum absolute atomic E-state index is 13.7. The molecule has 41 heavy (non-hydrogen) atoms. The van der Waals surface area contributed by atoms with E-state index in [0.29, 0.717) is 35.4 Å². The van der Waals surface area contributed by atoms with Crippen LogP contribution in [0.4, 0.5) is 33.5 Å². The van der Waals surface area contributed by atoms with E-state index in [4.69, 9.17) is 15.6 Å². The SMILES string of the molecule is CCc1cc(Nc2nccn3c(-c4cn(CC(F)F)nc4C(F)(F)F)cnc23)ccc1C(=O)N1CC(N)C1.O=CO. The topological polar surface area (TPSA) is 144 Å². The number of fused-ring (bicyclic) bond motifs is 1. The number of likely N-dealkylation sites (tertiary alicyclic amines) is 1. The molecule has 1 saturated heterocycles. The number of carboxylic acid groups (broad SMARTS) is 1. The highest BCUT2D eigenvalue weighted by atomic mass is 19.4. The van der Waals surface area contributed by atoms with Gasteiger partial charge in [0, 0.05) is 49.0 Å². The van der Waals surface area contributed by atoms with E-state index in [1.54, 1.807) is 23.1 Å². The van der Waals surface area contributed by atoms with Gasteiger partial charge in [-0.1, -0.05) is 6.92 Å². The highest BCUT2D eigenvalue weighted by molar-refractivity contribution is 5.97. The monoisotopic (exact) mass is 580 g/mol. The first-order chi connectivity index (χ1) is 19.5. The minimum Gasteiger partial charge on any atom is -0.483 e. The number of carbonyl (C=O) groups excluding carboxylic acids is 1. The zero-order valence-corrected chi connectivity index (χ0v) is 21.5. The summed E-state index contributed by atoms with van der Waals surface area (Å²) in [5.74, 6) is 0.156. The lowest BCUT2D eigenvalue weighted by Gasteiger charge is -2.37. The highest BCUT2D eigenvalue weighted by Crippen LogP contribution is 2.37. The van der Waals surface area contributed by atoms with Gasteiger partial charge in [0.05, 0.1) is 17.5 Å². The Morgan fingerprint density at radius 3 is 2.59 bits per heavy atom. The van der Waals surface area contributed by atoms with Gasteiger partial charge in [0.2, 0.25) is 0 Å². The number of anilines is 2. The van der Waals surface area contributed by atoms with E-state index >= 15 is 0 Å². The van der Waals surface area contributed by atoms with Crippen molar-refractivity contribution in [1.82, 2.24) is 29.0 Å². The van der Waals surface area contributed by atoms with E-state index < -0.39 is 24.8 Å². The number of nitrogens with one attached hydrogen (secondary N) is 1. The second-order valence-electron chi connectivity index (χ2n) is 9.04. The van der Waals surface area contributed by atoms with Crippen molar-refractivity contribution in [2.45, 2.75) is 38.5 Å². The number of benzene rings is 1. The Hall–Kier alpha value is -4.60. The molecule has 4 N–H and O–H groups in total. The number of imidazole rings is 1. The third kappa shape index (κ3) is 6.26. The van der Waals surface area contributed by atoms with Crippen LogP contribution in [0.3, 0.4) is 0 Å². The summed E-state index contributed by atoms with van der Waals surface area (Å²) in [7, 11) is 0. The van der Waals surface area contributed by atoms with E-state index in [2.05, 4.69) is 20.4 Å². The summed E-state index contributed by atoms with van der Waals surface area (Å²) < 4.78 is 68.6. The molecule has 1 amide bonds. The van der Waals surface area contributed by atoms with E-state index in [0.717, 1.165) is 11.8 Å². The van der Waals surface area contributed by atoms with E-state index in [1.807, 2.05) is 6.92 Å². The fourth-order valence-electron chi connectivity index (χ4n) is 4.42. The van der Waals surface area contributed by atoms with Gasteiger partial charge < -0.3 is 21.1 Å². The maximum atomic E-state index is 13.7. The van der Waals surface area contributed by atoms with Crippen LogP contribution in [0.15, 0.2) is 43.0 Å². The number of aromatic nitrogens is 5. The number of hydrogen-bond donors (Lipinski definition) is 3. The summed E-state index contributed by atoms with van der Waals surface area (Å²) in [6.45, 7) is 1.71. The molecule has 5 rings (SSSR count). The molecule has 0 spiro atoms. The molecule has 0 aliphatic carbocycles. The molecular formula is C25H25F5N8O3. The lowest BCUT2D eigenvalue weighted by molar-refractivity contribution is -0.141. The van der Waals surface area contributed by atoms with Gasteiger partial charge in [-0.05, 0) is 30.2 Å². The first-order valence-electron chi connectivity index (χ1n) is 12.2. The molecular weight excluding hydrogens is 555 g/mol. The standard InChI is InChI=1S/C24H23F5N8O.CH2O2/c1-2-13-7-15(3-4-16(13)23(38)35-9-14(30)10-35)33-21-22-32-8-18(37(22)6-5-31-21)17-11-36(12-19(25)26)34-20(17)24(27,28)29;2-1-3/h3-8,11,14,19H,2,9-10,12,30H2,1H3,(H,31,33);1H,(H,2,3). The van der Waals surface area contributed by atoms with Crippen LogP contribution in [0.1, 0.15) is 28.5 Å². The van der Waals surface area contributed by atoms with Crippen LogP contribution in [-0.4, -0.2) is 72.1 Å². The lowest BCUT2D eigenvalue weighted by Crippen LogP contribution is -2.57. The van der Waals surface area contributed by atoms with E-state index in [-0.39, 0.29) is 41.1 Å². The molecule has 1 fully saturated rings. The molecule has 16 heteroatoms. The molecule has 1 aliphatic heterocycles. The van der Waals surface area contributed by atoms with Crippen molar-refractivity contribution in [2.75, 3.05) is 18.4 Å². The Bertz CT molecular complexity index is 1550. The maximum Gasteiger partial charge on any atom is 0.435 e. The van der Waals surface area contributed by atoms with Crippen molar-refractivity contribution in [2.24, 2.45) is 5.73 Å². The second-order valence-corrected chi connectivity index (χ2v) is 9.04. The number of hydrogen-bond acceptors (Lipinski definition) is 7. The summed E-state index contributed by atoms with van der Waals surface area (Å²) >= 11 is 0. The lowest BCUT2D eigenvalue weighted by atomic mass is 10.0. The van der Waals surface area contributed by atoms with Gasteiger partial charge in [0.25, 0.3) is 18.8 Å². The van der Waals surface area contributed by atoms with Crippen molar-refractivity contribution < 1.29 is 36.6 Å².